The van der Waals surface area contributed by atoms with E-state index in [1.54, 1.807) is 26.6 Å². The van der Waals surface area contributed by atoms with Crippen LogP contribution in [-0.2, 0) is 4.79 Å². The van der Waals surface area contributed by atoms with Gasteiger partial charge in [0.1, 0.15) is 11.5 Å². The SMILES string of the molecule is COc1ccc(OC)c(/C=C(/C)CC(=O)Nc2cnccc2C)c1. The van der Waals surface area contributed by atoms with Crippen LogP contribution >= 0.6 is 0 Å². The van der Waals surface area contributed by atoms with E-state index in [9.17, 15) is 4.79 Å². The van der Waals surface area contributed by atoms with Crippen LogP contribution in [0.15, 0.2) is 42.2 Å². The number of nitrogens with zero attached hydrogens (tertiary/aromatic N) is 1. The topological polar surface area (TPSA) is 60.5 Å². The van der Waals surface area contributed by atoms with Crippen molar-refractivity contribution in [3.8, 4) is 11.5 Å². The molecule has 1 heterocycles. The van der Waals surface area contributed by atoms with Crippen LogP contribution in [0, 0.1) is 6.92 Å². The molecule has 1 aromatic heterocycles. The molecule has 0 unspecified atom stereocenters. The molecule has 5 heteroatoms. The van der Waals surface area contributed by atoms with Gasteiger partial charge in [-0.3, -0.25) is 9.78 Å². The van der Waals surface area contributed by atoms with Crippen LogP contribution in [0.3, 0.4) is 0 Å². The number of carbonyl (C=O) groups is 1. The minimum atomic E-state index is -0.0817. The van der Waals surface area contributed by atoms with Gasteiger partial charge in [-0.05, 0) is 43.7 Å². The highest BCUT2D eigenvalue weighted by Crippen LogP contribution is 2.26. The number of nitrogens with one attached hydrogen (secondary N) is 1. The van der Waals surface area contributed by atoms with E-state index < -0.39 is 0 Å². The maximum absolute atomic E-state index is 12.2. The maximum Gasteiger partial charge on any atom is 0.228 e. The molecule has 0 aliphatic heterocycles. The van der Waals surface area contributed by atoms with Gasteiger partial charge in [-0.1, -0.05) is 11.6 Å². The number of methoxy groups -OCH3 is 2. The van der Waals surface area contributed by atoms with Gasteiger partial charge in [0.25, 0.3) is 0 Å². The van der Waals surface area contributed by atoms with Crippen LogP contribution in [0.1, 0.15) is 24.5 Å². The summed E-state index contributed by atoms with van der Waals surface area (Å²) >= 11 is 0. The number of amides is 1. The van der Waals surface area contributed by atoms with E-state index in [-0.39, 0.29) is 12.3 Å². The molecule has 0 aliphatic rings. The Balaban J connectivity index is 2.11. The summed E-state index contributed by atoms with van der Waals surface area (Å²) in [4.78, 5) is 16.2. The minimum absolute atomic E-state index is 0.0817. The van der Waals surface area contributed by atoms with Crippen molar-refractivity contribution < 1.29 is 14.3 Å². The first kappa shape index (κ1) is 17.5. The molecule has 2 aromatic rings. The van der Waals surface area contributed by atoms with E-state index in [2.05, 4.69) is 10.3 Å². The Labute approximate surface area is 142 Å². The number of hydrogen-bond donors (Lipinski definition) is 1. The van der Waals surface area contributed by atoms with E-state index in [1.807, 2.05) is 44.2 Å². The number of hydrogen-bond acceptors (Lipinski definition) is 4. The Hall–Kier alpha value is -2.82. The second-order valence-corrected chi connectivity index (χ2v) is 5.51. The average Bonchev–Trinajstić information content (AvgIpc) is 2.56. The largest absolute Gasteiger partial charge is 0.497 e. The zero-order chi connectivity index (χ0) is 17.5. The lowest BCUT2D eigenvalue weighted by atomic mass is 10.1. The number of anilines is 1. The molecule has 0 radical (unpaired) electrons. The number of benzene rings is 1. The molecule has 2 rings (SSSR count). The van der Waals surface area contributed by atoms with Crippen molar-refractivity contribution in [1.82, 2.24) is 4.98 Å². The van der Waals surface area contributed by atoms with Crippen LogP contribution in [0.2, 0.25) is 0 Å². The third kappa shape index (κ3) is 4.59. The minimum Gasteiger partial charge on any atom is -0.497 e. The fourth-order valence-corrected chi connectivity index (χ4v) is 2.31. The third-order valence-corrected chi connectivity index (χ3v) is 3.59. The molecule has 0 saturated carbocycles. The van der Waals surface area contributed by atoms with Gasteiger partial charge in [-0.2, -0.15) is 0 Å². The van der Waals surface area contributed by atoms with Crippen molar-refractivity contribution in [2.24, 2.45) is 0 Å². The molecule has 0 saturated heterocycles. The predicted octanol–water partition coefficient (Wildman–Crippen LogP) is 3.84. The third-order valence-electron chi connectivity index (χ3n) is 3.59. The van der Waals surface area contributed by atoms with E-state index in [0.717, 1.165) is 33.9 Å². The van der Waals surface area contributed by atoms with Crippen molar-refractivity contribution in [3.05, 3.63) is 53.4 Å². The summed E-state index contributed by atoms with van der Waals surface area (Å²) in [7, 11) is 3.23. The molecule has 1 aromatic carbocycles. The molecule has 126 valence electrons. The molecule has 0 fully saturated rings. The number of rotatable bonds is 6. The Bertz CT molecular complexity index is 754. The molecule has 0 atom stereocenters. The lowest BCUT2D eigenvalue weighted by molar-refractivity contribution is -0.115. The lowest BCUT2D eigenvalue weighted by Gasteiger charge is -2.10. The van der Waals surface area contributed by atoms with Gasteiger partial charge in [-0.25, -0.2) is 0 Å². The highest BCUT2D eigenvalue weighted by atomic mass is 16.5. The Morgan fingerprint density at radius 2 is 2.04 bits per heavy atom. The van der Waals surface area contributed by atoms with E-state index >= 15 is 0 Å². The van der Waals surface area contributed by atoms with Gasteiger partial charge in [-0.15, -0.1) is 0 Å². The molecule has 1 N–H and O–H groups in total. The summed E-state index contributed by atoms with van der Waals surface area (Å²) in [5.41, 5.74) is 3.50. The number of aromatic nitrogens is 1. The summed E-state index contributed by atoms with van der Waals surface area (Å²) in [5.74, 6) is 1.39. The highest BCUT2D eigenvalue weighted by Gasteiger charge is 2.08. The van der Waals surface area contributed by atoms with Gasteiger partial charge < -0.3 is 14.8 Å². The van der Waals surface area contributed by atoms with Crippen molar-refractivity contribution in [2.45, 2.75) is 20.3 Å². The monoisotopic (exact) mass is 326 g/mol. The summed E-state index contributed by atoms with van der Waals surface area (Å²) in [6.45, 7) is 3.84. The zero-order valence-corrected chi connectivity index (χ0v) is 14.4. The highest BCUT2D eigenvalue weighted by molar-refractivity contribution is 5.93. The van der Waals surface area contributed by atoms with Crippen molar-refractivity contribution in [1.29, 1.82) is 0 Å². The van der Waals surface area contributed by atoms with Gasteiger partial charge >= 0.3 is 0 Å². The van der Waals surface area contributed by atoms with Crippen LogP contribution in [0.4, 0.5) is 5.69 Å². The fourth-order valence-electron chi connectivity index (χ4n) is 2.31. The van der Waals surface area contributed by atoms with Crippen molar-refractivity contribution in [2.75, 3.05) is 19.5 Å². The molecule has 5 nitrogen and oxygen atoms in total. The molecule has 0 aliphatic carbocycles. The first-order chi connectivity index (χ1) is 11.5. The zero-order valence-electron chi connectivity index (χ0n) is 14.4. The lowest BCUT2D eigenvalue weighted by Crippen LogP contribution is -2.12. The van der Waals surface area contributed by atoms with Gasteiger partial charge in [0.2, 0.25) is 5.91 Å². The Morgan fingerprint density at radius 3 is 2.71 bits per heavy atom. The predicted molar refractivity (Wildman–Crippen MR) is 95.4 cm³/mol. The van der Waals surface area contributed by atoms with E-state index in [0.29, 0.717) is 0 Å². The number of ether oxygens (including phenoxy) is 2. The van der Waals surface area contributed by atoms with Gasteiger partial charge in [0.05, 0.1) is 26.1 Å². The molecular formula is C19H22N2O3. The Morgan fingerprint density at radius 1 is 1.25 bits per heavy atom. The van der Waals surface area contributed by atoms with Gasteiger partial charge in [0, 0.05) is 18.2 Å². The number of pyridine rings is 1. The quantitative estimate of drug-likeness (QED) is 0.876. The van der Waals surface area contributed by atoms with E-state index in [1.165, 1.54) is 0 Å². The normalized spacial score (nSPS) is 11.1. The van der Waals surface area contributed by atoms with Crippen molar-refractivity contribution in [3.63, 3.8) is 0 Å². The Kier molecular flexibility index (Phi) is 5.95. The van der Waals surface area contributed by atoms with Crippen LogP contribution in [0.5, 0.6) is 11.5 Å². The molecule has 0 spiro atoms. The number of carbonyl (C=O) groups excluding carboxylic acids is 1. The van der Waals surface area contributed by atoms with Gasteiger partial charge in [0.15, 0.2) is 0 Å². The maximum atomic E-state index is 12.2. The standard InChI is InChI=1S/C19H22N2O3/c1-13(9-15-11-16(23-3)5-6-18(15)24-4)10-19(22)21-17-12-20-8-7-14(17)2/h5-9,11-12H,10H2,1-4H3,(H,21,22)/b13-9-. The van der Waals surface area contributed by atoms with Crippen molar-refractivity contribution >= 4 is 17.7 Å². The molecule has 24 heavy (non-hydrogen) atoms. The smallest absolute Gasteiger partial charge is 0.228 e. The molecule has 1 amide bonds. The summed E-state index contributed by atoms with van der Waals surface area (Å²) in [6, 6.07) is 7.42. The second kappa shape index (κ2) is 8.15. The van der Waals surface area contributed by atoms with E-state index in [4.69, 9.17) is 9.47 Å². The summed E-state index contributed by atoms with van der Waals surface area (Å²) < 4.78 is 10.6. The average molecular weight is 326 g/mol. The van der Waals surface area contributed by atoms with Crippen LogP contribution in [-0.4, -0.2) is 25.1 Å². The van der Waals surface area contributed by atoms with Crippen LogP contribution in [0.25, 0.3) is 6.08 Å². The first-order valence-electron chi connectivity index (χ1n) is 7.63. The summed E-state index contributed by atoms with van der Waals surface area (Å²) in [5, 5.41) is 2.88. The number of aryl methyl sites for hydroxylation is 1. The fraction of sp³-hybridized carbons (Fsp3) is 0.263. The summed E-state index contributed by atoms with van der Waals surface area (Å²) in [6.07, 6.45) is 5.56. The molecular weight excluding hydrogens is 304 g/mol. The second-order valence-electron chi connectivity index (χ2n) is 5.51. The van der Waals surface area contributed by atoms with Crippen LogP contribution < -0.4 is 14.8 Å². The molecule has 0 bridgehead atoms. The first-order valence-corrected chi connectivity index (χ1v) is 7.63.